The number of hydrogen-bond donors (Lipinski definition) is 2. The van der Waals surface area contributed by atoms with Crippen molar-refractivity contribution in [2.24, 2.45) is 11.7 Å². The molecule has 3 N–H and O–H groups in total. The number of carbonyl (C=O) groups excluding carboxylic acids is 1. The van der Waals surface area contributed by atoms with Gasteiger partial charge in [-0.3, -0.25) is 4.79 Å². The monoisotopic (exact) mass is 268 g/mol. The van der Waals surface area contributed by atoms with Crippen molar-refractivity contribution in [3.8, 4) is 5.75 Å². The van der Waals surface area contributed by atoms with E-state index in [2.05, 4.69) is 0 Å². The van der Waals surface area contributed by atoms with Crippen molar-refractivity contribution in [3.05, 3.63) is 28.8 Å². The predicted molar refractivity (Wildman–Crippen MR) is 70.8 cm³/mol. The number of rotatable bonds is 2. The molecule has 1 atom stereocenters. The largest absolute Gasteiger partial charge is 0.506 e. The molecular weight excluding hydrogens is 252 g/mol. The molecule has 0 radical (unpaired) electrons. The summed E-state index contributed by atoms with van der Waals surface area (Å²) >= 11 is 5.81. The smallest absolute Gasteiger partial charge is 0.253 e. The first kappa shape index (κ1) is 13.2. The number of hydrogen-bond acceptors (Lipinski definition) is 3. The van der Waals surface area contributed by atoms with Gasteiger partial charge in [0.15, 0.2) is 0 Å². The van der Waals surface area contributed by atoms with Crippen molar-refractivity contribution in [1.29, 1.82) is 0 Å². The number of nitrogens with zero attached hydrogens (tertiary/aromatic N) is 1. The van der Waals surface area contributed by atoms with Crippen molar-refractivity contribution < 1.29 is 9.90 Å². The van der Waals surface area contributed by atoms with Crippen molar-refractivity contribution >= 4 is 17.5 Å². The van der Waals surface area contributed by atoms with Gasteiger partial charge in [0.05, 0.1) is 5.02 Å². The number of likely N-dealkylation sites (tertiary alicyclic amines) is 1. The van der Waals surface area contributed by atoms with Crippen molar-refractivity contribution in [2.75, 3.05) is 19.6 Å². The Morgan fingerprint density at radius 3 is 3.00 bits per heavy atom. The maximum Gasteiger partial charge on any atom is 0.253 e. The van der Waals surface area contributed by atoms with E-state index in [1.807, 2.05) is 4.90 Å². The molecule has 0 spiro atoms. The van der Waals surface area contributed by atoms with Crippen LogP contribution in [0.5, 0.6) is 5.75 Å². The van der Waals surface area contributed by atoms with Gasteiger partial charge in [-0.15, -0.1) is 0 Å². The highest BCUT2D eigenvalue weighted by Crippen LogP contribution is 2.25. The van der Waals surface area contributed by atoms with Gasteiger partial charge >= 0.3 is 0 Å². The SMILES string of the molecule is NCC1CCCN(C(=O)c2ccc(O)c(Cl)c2)C1. The molecule has 18 heavy (non-hydrogen) atoms. The van der Waals surface area contributed by atoms with Gasteiger partial charge in [0.25, 0.3) is 5.91 Å². The van der Waals surface area contributed by atoms with Crippen LogP contribution in [-0.2, 0) is 0 Å². The highest BCUT2D eigenvalue weighted by atomic mass is 35.5. The maximum atomic E-state index is 12.3. The van der Waals surface area contributed by atoms with E-state index in [-0.39, 0.29) is 16.7 Å². The van der Waals surface area contributed by atoms with Crippen LogP contribution in [0.1, 0.15) is 23.2 Å². The molecule has 1 aromatic rings. The van der Waals surface area contributed by atoms with E-state index in [1.54, 1.807) is 6.07 Å². The number of benzene rings is 1. The molecule has 5 heteroatoms. The van der Waals surface area contributed by atoms with Gasteiger partial charge in [-0.25, -0.2) is 0 Å². The molecule has 98 valence electrons. The lowest BCUT2D eigenvalue weighted by Gasteiger charge is -2.32. The van der Waals surface area contributed by atoms with E-state index in [9.17, 15) is 9.90 Å². The van der Waals surface area contributed by atoms with E-state index >= 15 is 0 Å². The third kappa shape index (κ3) is 2.76. The van der Waals surface area contributed by atoms with Gasteiger partial charge in [-0.05, 0) is 43.5 Å². The molecule has 1 aliphatic heterocycles. The zero-order valence-electron chi connectivity index (χ0n) is 10.1. The lowest BCUT2D eigenvalue weighted by molar-refractivity contribution is 0.0678. The first-order valence-corrected chi connectivity index (χ1v) is 6.47. The summed E-state index contributed by atoms with van der Waals surface area (Å²) in [7, 11) is 0. The summed E-state index contributed by atoms with van der Waals surface area (Å²) in [6.45, 7) is 2.07. The summed E-state index contributed by atoms with van der Waals surface area (Å²) in [4.78, 5) is 14.1. The molecule has 0 bridgehead atoms. The Bertz CT molecular complexity index is 451. The highest BCUT2D eigenvalue weighted by molar-refractivity contribution is 6.32. The van der Waals surface area contributed by atoms with E-state index in [0.717, 1.165) is 19.4 Å². The molecule has 0 aromatic heterocycles. The van der Waals surface area contributed by atoms with Crippen molar-refractivity contribution in [2.45, 2.75) is 12.8 Å². The second-order valence-electron chi connectivity index (χ2n) is 4.66. The number of nitrogens with two attached hydrogens (primary N) is 1. The molecule has 2 rings (SSSR count). The van der Waals surface area contributed by atoms with Crippen molar-refractivity contribution in [3.63, 3.8) is 0 Å². The van der Waals surface area contributed by atoms with Gasteiger partial charge in [0.2, 0.25) is 0 Å². The second-order valence-corrected chi connectivity index (χ2v) is 5.07. The predicted octanol–water partition coefficient (Wildman–Crippen LogP) is 1.86. The van der Waals surface area contributed by atoms with Gasteiger partial charge in [-0.2, -0.15) is 0 Å². The normalized spacial score (nSPS) is 19.9. The minimum absolute atomic E-state index is 0.00769. The van der Waals surface area contributed by atoms with Crippen LogP contribution in [0.3, 0.4) is 0 Å². The second kappa shape index (κ2) is 5.59. The summed E-state index contributed by atoms with van der Waals surface area (Å²) in [5.74, 6) is 0.331. The van der Waals surface area contributed by atoms with Gasteiger partial charge in [0, 0.05) is 18.7 Å². The number of halogens is 1. The molecule has 1 saturated heterocycles. The van der Waals surface area contributed by atoms with E-state index in [4.69, 9.17) is 17.3 Å². The topological polar surface area (TPSA) is 66.6 Å². The Morgan fingerprint density at radius 2 is 2.33 bits per heavy atom. The molecule has 1 aromatic carbocycles. The fourth-order valence-electron chi connectivity index (χ4n) is 2.26. The van der Waals surface area contributed by atoms with Crippen LogP contribution >= 0.6 is 11.6 Å². The van der Waals surface area contributed by atoms with Crippen LogP contribution in [0, 0.1) is 5.92 Å². The molecule has 1 aliphatic rings. The molecule has 1 unspecified atom stereocenters. The zero-order valence-corrected chi connectivity index (χ0v) is 10.9. The Hall–Kier alpha value is -1.26. The molecule has 4 nitrogen and oxygen atoms in total. The lowest BCUT2D eigenvalue weighted by Crippen LogP contribution is -2.42. The van der Waals surface area contributed by atoms with E-state index in [1.165, 1.54) is 12.1 Å². The van der Waals surface area contributed by atoms with E-state index < -0.39 is 0 Å². The Labute approximate surface area is 111 Å². The molecule has 1 amide bonds. The average molecular weight is 269 g/mol. The van der Waals surface area contributed by atoms with Crippen LogP contribution in [0.4, 0.5) is 0 Å². The fourth-order valence-corrected chi connectivity index (χ4v) is 2.44. The van der Waals surface area contributed by atoms with Crippen LogP contribution < -0.4 is 5.73 Å². The molecule has 1 heterocycles. The van der Waals surface area contributed by atoms with Gasteiger partial charge < -0.3 is 15.7 Å². The third-order valence-corrected chi connectivity index (χ3v) is 3.64. The molecular formula is C13H17ClN2O2. The average Bonchev–Trinajstić information content (AvgIpc) is 2.41. The number of carbonyl (C=O) groups is 1. The zero-order chi connectivity index (χ0) is 13.1. The Morgan fingerprint density at radius 1 is 1.56 bits per heavy atom. The van der Waals surface area contributed by atoms with Crippen LogP contribution in [0.15, 0.2) is 18.2 Å². The first-order chi connectivity index (χ1) is 8.61. The summed E-state index contributed by atoms with van der Waals surface area (Å²) in [5, 5.41) is 9.54. The first-order valence-electron chi connectivity index (χ1n) is 6.09. The quantitative estimate of drug-likeness (QED) is 0.860. The maximum absolute atomic E-state index is 12.3. The summed E-state index contributed by atoms with van der Waals surface area (Å²) < 4.78 is 0. The van der Waals surface area contributed by atoms with Crippen LogP contribution in [-0.4, -0.2) is 35.5 Å². The Balaban J connectivity index is 2.12. The number of amides is 1. The van der Waals surface area contributed by atoms with E-state index in [0.29, 0.717) is 24.6 Å². The van der Waals surface area contributed by atoms with Crippen LogP contribution in [0.2, 0.25) is 5.02 Å². The lowest BCUT2D eigenvalue weighted by atomic mass is 9.97. The summed E-state index contributed by atoms with van der Waals surface area (Å²) in [6.07, 6.45) is 2.07. The highest BCUT2D eigenvalue weighted by Gasteiger charge is 2.23. The van der Waals surface area contributed by atoms with Crippen LogP contribution in [0.25, 0.3) is 0 Å². The number of phenolic OH excluding ortho intramolecular Hbond substituents is 1. The molecule has 0 saturated carbocycles. The summed E-state index contributed by atoms with van der Waals surface area (Å²) in [6, 6.07) is 4.54. The minimum atomic E-state index is -0.0462. The number of phenols is 1. The number of aromatic hydroxyl groups is 1. The number of piperidine rings is 1. The molecule has 1 fully saturated rings. The fraction of sp³-hybridized carbons (Fsp3) is 0.462. The Kier molecular flexibility index (Phi) is 4.09. The standard InChI is InChI=1S/C13H17ClN2O2/c14-11-6-10(3-4-12(11)17)13(18)16-5-1-2-9(7-15)8-16/h3-4,6,9,17H,1-2,5,7-8,15H2. The van der Waals surface area contributed by atoms with Crippen molar-refractivity contribution in [1.82, 2.24) is 4.90 Å². The summed E-state index contributed by atoms with van der Waals surface area (Å²) in [5.41, 5.74) is 6.17. The van der Waals surface area contributed by atoms with Gasteiger partial charge in [0.1, 0.15) is 5.75 Å². The minimum Gasteiger partial charge on any atom is -0.506 e. The van der Waals surface area contributed by atoms with Gasteiger partial charge in [-0.1, -0.05) is 11.6 Å². The molecule has 0 aliphatic carbocycles. The third-order valence-electron chi connectivity index (χ3n) is 3.33.